The summed E-state index contributed by atoms with van der Waals surface area (Å²) < 4.78 is 16.5. The Morgan fingerprint density at radius 3 is 2.61 bits per heavy atom. The second-order valence-corrected chi connectivity index (χ2v) is 8.55. The monoisotopic (exact) mass is 457 g/mol. The molecule has 3 rings (SSSR count). The molecule has 1 fully saturated rings. The summed E-state index contributed by atoms with van der Waals surface area (Å²) >= 11 is 6.44. The zero-order valence-electron chi connectivity index (χ0n) is 17.7. The summed E-state index contributed by atoms with van der Waals surface area (Å²) in [5.74, 6) is 0.316. The summed E-state index contributed by atoms with van der Waals surface area (Å²) in [5, 5.41) is 0. The van der Waals surface area contributed by atoms with Crippen molar-refractivity contribution in [1.82, 2.24) is 4.90 Å². The third-order valence-corrected chi connectivity index (χ3v) is 6.21. The second-order valence-electron chi connectivity index (χ2n) is 6.88. The molecule has 0 radical (unpaired) electrons. The van der Waals surface area contributed by atoms with Crippen LogP contribution in [0, 0.1) is 6.92 Å². The number of carbonyl (C=O) groups excluding carboxylic acids is 2. The van der Waals surface area contributed by atoms with E-state index >= 15 is 0 Å². The van der Waals surface area contributed by atoms with Crippen molar-refractivity contribution in [2.24, 2.45) is 0 Å². The van der Waals surface area contributed by atoms with Crippen molar-refractivity contribution >= 4 is 46.3 Å². The highest BCUT2D eigenvalue weighted by molar-refractivity contribution is 8.26. The van der Waals surface area contributed by atoms with Crippen molar-refractivity contribution in [1.29, 1.82) is 0 Å². The fourth-order valence-electron chi connectivity index (χ4n) is 3.06. The first kappa shape index (κ1) is 22.8. The average Bonchev–Trinajstić information content (AvgIpc) is 3.05. The zero-order chi connectivity index (χ0) is 22.5. The molecule has 1 aliphatic rings. The molecule has 0 unspecified atom stereocenters. The van der Waals surface area contributed by atoms with Crippen molar-refractivity contribution < 1.29 is 23.8 Å². The molecule has 1 amide bonds. The average molecular weight is 458 g/mol. The third kappa shape index (κ3) is 5.08. The van der Waals surface area contributed by atoms with Gasteiger partial charge in [-0.1, -0.05) is 54.3 Å². The molecule has 0 spiro atoms. The van der Waals surface area contributed by atoms with E-state index in [9.17, 15) is 9.59 Å². The maximum Gasteiger partial charge on any atom is 0.328 e. The van der Waals surface area contributed by atoms with Crippen LogP contribution in [0.2, 0.25) is 0 Å². The first-order valence-corrected chi connectivity index (χ1v) is 10.8. The quantitative estimate of drug-likeness (QED) is 0.348. The van der Waals surface area contributed by atoms with Crippen molar-refractivity contribution in [3.05, 3.63) is 64.1 Å². The maximum atomic E-state index is 12.8. The number of hydrogen-bond acceptors (Lipinski definition) is 7. The molecule has 1 saturated heterocycles. The number of amides is 1. The van der Waals surface area contributed by atoms with Gasteiger partial charge in [-0.05, 0) is 48.7 Å². The highest BCUT2D eigenvalue weighted by Crippen LogP contribution is 2.36. The van der Waals surface area contributed by atoms with Gasteiger partial charge in [0.1, 0.15) is 17.0 Å². The number of benzene rings is 2. The molecule has 31 heavy (non-hydrogen) atoms. The molecule has 1 heterocycles. The number of carbonyl (C=O) groups is 2. The molecule has 0 saturated carbocycles. The molecule has 0 bridgehead atoms. The number of aryl methyl sites for hydroxylation is 1. The van der Waals surface area contributed by atoms with Crippen molar-refractivity contribution in [2.45, 2.75) is 26.5 Å². The molecule has 8 heteroatoms. The Morgan fingerprint density at radius 1 is 1.19 bits per heavy atom. The van der Waals surface area contributed by atoms with Gasteiger partial charge in [-0.2, -0.15) is 0 Å². The summed E-state index contributed by atoms with van der Waals surface area (Å²) in [6, 6.07) is 12.7. The molecule has 6 nitrogen and oxygen atoms in total. The normalized spacial score (nSPS) is 15.9. The molecule has 1 atom stereocenters. The number of methoxy groups -OCH3 is 2. The minimum atomic E-state index is -0.782. The number of nitrogens with zero attached hydrogens (tertiary/aromatic N) is 1. The van der Waals surface area contributed by atoms with Gasteiger partial charge in [0.25, 0.3) is 5.91 Å². The molecule has 0 aromatic heterocycles. The van der Waals surface area contributed by atoms with E-state index in [1.807, 2.05) is 37.3 Å². The van der Waals surface area contributed by atoms with E-state index < -0.39 is 12.0 Å². The lowest BCUT2D eigenvalue weighted by Crippen LogP contribution is -2.42. The Bertz CT molecular complexity index is 1050. The summed E-state index contributed by atoms with van der Waals surface area (Å²) in [6.07, 6.45) is 1.72. The van der Waals surface area contributed by atoms with Gasteiger partial charge in [0.15, 0.2) is 11.5 Å². The van der Waals surface area contributed by atoms with E-state index in [0.29, 0.717) is 27.3 Å². The van der Waals surface area contributed by atoms with Crippen LogP contribution < -0.4 is 9.47 Å². The summed E-state index contributed by atoms with van der Waals surface area (Å²) in [4.78, 5) is 26.3. The molecule has 162 valence electrons. The number of thioether (sulfide) groups is 1. The second kappa shape index (κ2) is 9.98. The topological polar surface area (TPSA) is 65.1 Å². The van der Waals surface area contributed by atoms with Gasteiger partial charge < -0.3 is 14.2 Å². The number of hydrogen-bond donors (Lipinski definition) is 0. The fraction of sp³-hybridized carbons (Fsp3) is 0.261. The predicted molar refractivity (Wildman–Crippen MR) is 125 cm³/mol. The number of ether oxygens (including phenoxy) is 3. The van der Waals surface area contributed by atoms with E-state index in [0.717, 1.165) is 28.5 Å². The Labute approximate surface area is 191 Å². The number of thiocarbonyl (C=S) groups is 1. The Hall–Kier alpha value is -2.84. The first-order valence-electron chi connectivity index (χ1n) is 9.56. The molecular formula is C23H23NO5S2. The van der Waals surface area contributed by atoms with Crippen molar-refractivity contribution in [2.75, 3.05) is 14.2 Å². The maximum absolute atomic E-state index is 12.8. The van der Waals surface area contributed by atoms with E-state index in [1.165, 1.54) is 12.0 Å². The Balaban J connectivity index is 1.78. The van der Waals surface area contributed by atoms with Crippen LogP contribution in [0.3, 0.4) is 0 Å². The smallest absolute Gasteiger partial charge is 0.328 e. The van der Waals surface area contributed by atoms with Gasteiger partial charge in [0.2, 0.25) is 0 Å². The van der Waals surface area contributed by atoms with E-state index in [1.54, 1.807) is 32.2 Å². The minimum Gasteiger partial charge on any atom is -0.493 e. The standard InChI is InChI=1S/C23H23NO5S2/c1-14-7-5-6-8-17(14)13-29-18-10-9-16(11-19(18)27-3)12-20-21(25)24(23(30)31-20)15(2)22(26)28-4/h5-12,15H,13H2,1-4H3/b20-12-/t15-/m1/s1. The van der Waals surface area contributed by atoms with Crippen LogP contribution in [0.25, 0.3) is 6.08 Å². The zero-order valence-corrected chi connectivity index (χ0v) is 19.3. The predicted octanol–water partition coefficient (Wildman–Crippen LogP) is 4.35. The van der Waals surface area contributed by atoms with Gasteiger partial charge in [0, 0.05) is 0 Å². The van der Waals surface area contributed by atoms with Crippen LogP contribution in [0.5, 0.6) is 11.5 Å². The largest absolute Gasteiger partial charge is 0.493 e. The number of rotatable bonds is 7. The highest BCUT2D eigenvalue weighted by atomic mass is 32.2. The SMILES string of the molecule is COC(=O)[C@@H](C)N1C(=O)/C(=C/c2ccc(OCc3ccccc3C)c(OC)c2)SC1=S. The molecular weight excluding hydrogens is 434 g/mol. The van der Waals surface area contributed by atoms with Crippen LogP contribution >= 0.6 is 24.0 Å². The molecule has 2 aromatic rings. The van der Waals surface area contributed by atoms with Gasteiger partial charge in [0.05, 0.1) is 19.1 Å². The van der Waals surface area contributed by atoms with Gasteiger partial charge in [-0.25, -0.2) is 4.79 Å². The van der Waals surface area contributed by atoms with Crippen molar-refractivity contribution in [3.8, 4) is 11.5 Å². The van der Waals surface area contributed by atoms with Crippen LogP contribution in [-0.4, -0.2) is 41.4 Å². The van der Waals surface area contributed by atoms with E-state index in [2.05, 4.69) is 0 Å². The Kier molecular flexibility index (Phi) is 7.35. The fourth-order valence-corrected chi connectivity index (χ4v) is 4.48. The molecule has 1 aliphatic heterocycles. The van der Waals surface area contributed by atoms with Gasteiger partial charge in [-0.15, -0.1) is 0 Å². The van der Waals surface area contributed by atoms with Crippen LogP contribution in [-0.2, 0) is 20.9 Å². The van der Waals surface area contributed by atoms with E-state index in [4.69, 9.17) is 26.4 Å². The minimum absolute atomic E-state index is 0.319. The highest BCUT2D eigenvalue weighted by Gasteiger charge is 2.38. The first-order chi connectivity index (χ1) is 14.8. The molecule has 2 aromatic carbocycles. The van der Waals surface area contributed by atoms with Crippen LogP contribution in [0.4, 0.5) is 0 Å². The molecule has 0 N–H and O–H groups in total. The van der Waals surface area contributed by atoms with Gasteiger partial charge in [-0.3, -0.25) is 9.69 Å². The lowest BCUT2D eigenvalue weighted by molar-refractivity contribution is -0.147. The lowest BCUT2D eigenvalue weighted by Gasteiger charge is -2.20. The van der Waals surface area contributed by atoms with Crippen molar-refractivity contribution in [3.63, 3.8) is 0 Å². The summed E-state index contributed by atoms with van der Waals surface area (Å²) in [5.41, 5.74) is 3.00. The number of esters is 1. The summed E-state index contributed by atoms with van der Waals surface area (Å²) in [7, 11) is 2.85. The van der Waals surface area contributed by atoms with Crippen LogP contribution in [0.1, 0.15) is 23.6 Å². The van der Waals surface area contributed by atoms with Crippen LogP contribution in [0.15, 0.2) is 47.4 Å². The van der Waals surface area contributed by atoms with Gasteiger partial charge >= 0.3 is 5.97 Å². The molecule has 0 aliphatic carbocycles. The third-order valence-electron chi connectivity index (χ3n) is 4.88. The van der Waals surface area contributed by atoms with E-state index in [-0.39, 0.29) is 5.91 Å². The Morgan fingerprint density at radius 2 is 1.94 bits per heavy atom. The lowest BCUT2D eigenvalue weighted by atomic mass is 10.1. The summed E-state index contributed by atoms with van der Waals surface area (Å²) in [6.45, 7) is 4.05.